The molecular weight excluding hydrogens is 421 g/mol. The normalized spacial score (nSPS) is 17.1. The number of ether oxygens (including phenoxy) is 3. The Morgan fingerprint density at radius 1 is 1.29 bits per heavy atom. The molecule has 6 nitrogen and oxygen atoms in total. The number of nitrogens with zero attached hydrogens (tertiary/aromatic N) is 1. The predicted octanol–water partition coefficient (Wildman–Crippen LogP) is 2.56. The quantitative estimate of drug-likeness (QED) is 0.381. The van der Waals surface area contributed by atoms with E-state index in [1.165, 1.54) is 0 Å². The van der Waals surface area contributed by atoms with Crippen molar-refractivity contribution in [3.63, 3.8) is 0 Å². The van der Waals surface area contributed by atoms with Crippen LogP contribution in [0.2, 0.25) is 0 Å². The third kappa shape index (κ3) is 6.01. The average molecular weight is 449 g/mol. The number of benzene rings is 1. The molecule has 1 aromatic carbocycles. The summed E-state index contributed by atoms with van der Waals surface area (Å²) in [7, 11) is 3.28. The number of para-hydroxylation sites is 1. The third-order valence-corrected chi connectivity index (χ3v) is 3.76. The second kappa shape index (κ2) is 11.4. The fourth-order valence-electron chi connectivity index (χ4n) is 2.60. The Morgan fingerprint density at radius 3 is 2.75 bits per heavy atom. The summed E-state index contributed by atoms with van der Waals surface area (Å²) in [5, 5.41) is 6.59. The van der Waals surface area contributed by atoms with Gasteiger partial charge >= 0.3 is 0 Å². The summed E-state index contributed by atoms with van der Waals surface area (Å²) in [6.45, 7) is 5.02. The third-order valence-electron chi connectivity index (χ3n) is 3.76. The van der Waals surface area contributed by atoms with Gasteiger partial charge in [0.25, 0.3) is 0 Å². The van der Waals surface area contributed by atoms with Gasteiger partial charge in [-0.05, 0) is 25.8 Å². The van der Waals surface area contributed by atoms with Gasteiger partial charge in [0, 0.05) is 25.3 Å². The molecule has 0 saturated carbocycles. The molecule has 1 fully saturated rings. The Morgan fingerprint density at radius 2 is 2.12 bits per heavy atom. The van der Waals surface area contributed by atoms with Gasteiger partial charge < -0.3 is 24.8 Å². The number of hydrogen-bond acceptors (Lipinski definition) is 4. The van der Waals surface area contributed by atoms with Crippen LogP contribution in [-0.2, 0) is 11.3 Å². The van der Waals surface area contributed by atoms with Crippen molar-refractivity contribution in [1.82, 2.24) is 10.6 Å². The van der Waals surface area contributed by atoms with Crippen LogP contribution in [0.5, 0.6) is 11.5 Å². The van der Waals surface area contributed by atoms with Crippen LogP contribution in [0, 0.1) is 0 Å². The number of nitrogens with one attached hydrogen (secondary N) is 2. The van der Waals surface area contributed by atoms with Crippen LogP contribution in [0.25, 0.3) is 0 Å². The van der Waals surface area contributed by atoms with E-state index in [1.54, 1.807) is 14.2 Å². The van der Waals surface area contributed by atoms with Crippen LogP contribution >= 0.6 is 24.0 Å². The molecule has 0 radical (unpaired) electrons. The van der Waals surface area contributed by atoms with E-state index in [0.717, 1.165) is 55.6 Å². The maximum absolute atomic E-state index is 5.63. The van der Waals surface area contributed by atoms with E-state index >= 15 is 0 Å². The summed E-state index contributed by atoms with van der Waals surface area (Å²) in [6.07, 6.45) is 2.53. The molecule has 2 N–H and O–H groups in total. The van der Waals surface area contributed by atoms with Gasteiger partial charge in [-0.3, -0.25) is 0 Å². The van der Waals surface area contributed by atoms with Crippen LogP contribution in [0.3, 0.4) is 0 Å². The van der Waals surface area contributed by atoms with Crippen LogP contribution in [0.15, 0.2) is 23.2 Å². The van der Waals surface area contributed by atoms with Gasteiger partial charge in [-0.15, -0.1) is 24.0 Å². The summed E-state index contributed by atoms with van der Waals surface area (Å²) >= 11 is 0. The number of halogens is 1. The zero-order valence-corrected chi connectivity index (χ0v) is 17.0. The van der Waals surface area contributed by atoms with Crippen LogP contribution in [0.1, 0.15) is 25.3 Å². The van der Waals surface area contributed by atoms with Crippen molar-refractivity contribution in [2.45, 2.75) is 32.4 Å². The Bertz CT molecular complexity index is 520. The first-order chi connectivity index (χ1) is 11.3. The summed E-state index contributed by atoms with van der Waals surface area (Å²) in [5.41, 5.74) is 0.987. The summed E-state index contributed by atoms with van der Waals surface area (Å²) in [5.74, 6) is 2.24. The fraction of sp³-hybridized carbons (Fsp3) is 0.588. The molecule has 0 aromatic heterocycles. The number of guanidine groups is 1. The molecule has 0 aliphatic carbocycles. The first-order valence-electron chi connectivity index (χ1n) is 8.12. The summed E-state index contributed by atoms with van der Waals surface area (Å²) in [6, 6.07) is 5.82. The molecule has 7 heteroatoms. The maximum Gasteiger partial charge on any atom is 0.191 e. The lowest BCUT2D eigenvalue weighted by molar-refractivity contribution is 0.114. The Balaban J connectivity index is 0.00000288. The van der Waals surface area contributed by atoms with Crippen LogP contribution in [-0.4, -0.2) is 46.0 Å². The van der Waals surface area contributed by atoms with Gasteiger partial charge in [-0.1, -0.05) is 12.1 Å². The van der Waals surface area contributed by atoms with E-state index < -0.39 is 0 Å². The molecule has 1 saturated heterocycles. The number of rotatable bonds is 7. The minimum Gasteiger partial charge on any atom is -0.493 e. The van der Waals surface area contributed by atoms with Crippen LogP contribution in [0.4, 0.5) is 0 Å². The second-order valence-corrected chi connectivity index (χ2v) is 5.36. The molecular formula is C17H28IN3O3. The minimum atomic E-state index is 0. The first kappa shape index (κ1) is 20.8. The highest BCUT2D eigenvalue weighted by atomic mass is 127. The molecule has 136 valence electrons. The first-order valence-corrected chi connectivity index (χ1v) is 8.12. The topological polar surface area (TPSA) is 64.1 Å². The highest BCUT2D eigenvalue weighted by Gasteiger charge is 2.15. The van der Waals surface area contributed by atoms with Crippen molar-refractivity contribution in [1.29, 1.82) is 0 Å². The molecule has 1 atom stereocenters. The van der Waals surface area contributed by atoms with E-state index in [-0.39, 0.29) is 30.1 Å². The highest BCUT2D eigenvalue weighted by Crippen LogP contribution is 2.31. The van der Waals surface area contributed by atoms with Crippen molar-refractivity contribution in [2.75, 3.05) is 33.9 Å². The van der Waals surface area contributed by atoms with Crippen LogP contribution < -0.4 is 20.1 Å². The molecule has 1 aliphatic heterocycles. The number of hydrogen-bond donors (Lipinski definition) is 2. The lowest BCUT2D eigenvalue weighted by atomic mass is 10.2. The zero-order chi connectivity index (χ0) is 16.5. The van der Waals surface area contributed by atoms with E-state index in [0.29, 0.717) is 6.54 Å². The van der Waals surface area contributed by atoms with E-state index in [2.05, 4.69) is 22.5 Å². The Labute approximate surface area is 161 Å². The van der Waals surface area contributed by atoms with Crippen molar-refractivity contribution in [3.05, 3.63) is 23.8 Å². The maximum atomic E-state index is 5.63. The van der Waals surface area contributed by atoms with Gasteiger partial charge in [-0.25, -0.2) is 4.99 Å². The van der Waals surface area contributed by atoms with E-state index in [9.17, 15) is 0 Å². The second-order valence-electron chi connectivity index (χ2n) is 5.36. The molecule has 1 aliphatic rings. The molecule has 0 spiro atoms. The Hall–Kier alpha value is -1.22. The molecule has 1 aromatic rings. The van der Waals surface area contributed by atoms with Gasteiger partial charge in [0.2, 0.25) is 0 Å². The minimum absolute atomic E-state index is 0. The molecule has 1 heterocycles. The standard InChI is InChI=1S/C17H27N3O3.HI/c1-4-18-17(20-12-14-8-6-10-23-14)19-11-13-7-5-9-15(21-2)16(13)22-3;/h5,7,9,14H,4,6,8,10-12H2,1-3H3,(H2,18,19,20);1H. The van der Waals surface area contributed by atoms with Gasteiger partial charge in [0.1, 0.15) is 0 Å². The fourth-order valence-corrected chi connectivity index (χ4v) is 2.60. The lowest BCUT2D eigenvalue weighted by Crippen LogP contribution is -2.41. The summed E-state index contributed by atoms with van der Waals surface area (Å²) < 4.78 is 16.4. The SMILES string of the molecule is CCNC(=NCc1cccc(OC)c1OC)NCC1CCCO1.I. The summed E-state index contributed by atoms with van der Waals surface area (Å²) in [4.78, 5) is 4.63. The van der Waals surface area contributed by atoms with Crippen molar-refractivity contribution >= 4 is 29.9 Å². The molecule has 0 amide bonds. The van der Waals surface area contributed by atoms with Gasteiger partial charge in [0.15, 0.2) is 17.5 Å². The smallest absolute Gasteiger partial charge is 0.191 e. The number of methoxy groups -OCH3 is 2. The molecule has 0 bridgehead atoms. The van der Waals surface area contributed by atoms with Gasteiger partial charge in [0.05, 0.1) is 26.9 Å². The van der Waals surface area contributed by atoms with E-state index in [1.807, 2.05) is 18.2 Å². The van der Waals surface area contributed by atoms with Crippen molar-refractivity contribution < 1.29 is 14.2 Å². The average Bonchev–Trinajstić information content (AvgIpc) is 3.10. The predicted molar refractivity (Wildman–Crippen MR) is 107 cm³/mol. The molecule has 1 unspecified atom stereocenters. The lowest BCUT2D eigenvalue weighted by Gasteiger charge is -2.15. The largest absolute Gasteiger partial charge is 0.493 e. The van der Waals surface area contributed by atoms with Crippen molar-refractivity contribution in [3.8, 4) is 11.5 Å². The zero-order valence-electron chi connectivity index (χ0n) is 14.6. The van der Waals surface area contributed by atoms with Crippen molar-refractivity contribution in [2.24, 2.45) is 4.99 Å². The Kier molecular flexibility index (Phi) is 9.85. The van der Waals surface area contributed by atoms with E-state index in [4.69, 9.17) is 14.2 Å². The van der Waals surface area contributed by atoms with Gasteiger partial charge in [-0.2, -0.15) is 0 Å². The monoisotopic (exact) mass is 449 g/mol. The number of aliphatic imine (C=N–C) groups is 1. The highest BCUT2D eigenvalue weighted by molar-refractivity contribution is 14.0. The molecule has 24 heavy (non-hydrogen) atoms. The molecule has 2 rings (SSSR count).